The zero-order valence-corrected chi connectivity index (χ0v) is 9.72. The molecule has 2 aromatic rings. The third-order valence-corrected chi connectivity index (χ3v) is 2.75. The second-order valence-electron chi connectivity index (χ2n) is 4.07. The van der Waals surface area contributed by atoms with E-state index in [1.165, 1.54) is 0 Å². The van der Waals surface area contributed by atoms with Crippen LogP contribution in [-0.2, 0) is 4.79 Å². The first-order valence-corrected chi connectivity index (χ1v) is 5.51. The van der Waals surface area contributed by atoms with E-state index in [0.29, 0.717) is 5.56 Å². The van der Waals surface area contributed by atoms with Crippen LogP contribution in [0.4, 0.5) is 0 Å². The molecule has 0 saturated carbocycles. The number of Topliss-reactive ketones (excluding diaryl/α,β-unsaturated/α-hetero) is 1. The number of carbonyl (C=O) groups excluding carboxylic acids is 1. The number of rotatable bonds is 4. The second-order valence-corrected chi connectivity index (χ2v) is 4.07. The van der Waals surface area contributed by atoms with E-state index < -0.39 is 5.97 Å². The molecule has 18 heavy (non-hydrogen) atoms. The maximum atomic E-state index is 11.9. The van der Waals surface area contributed by atoms with Gasteiger partial charge in [0.05, 0.1) is 0 Å². The largest absolute Gasteiger partial charge is 0.478 e. The minimum atomic E-state index is -1.14. The van der Waals surface area contributed by atoms with Crippen molar-refractivity contribution in [3.05, 3.63) is 60.2 Å². The van der Waals surface area contributed by atoms with Gasteiger partial charge in [-0.1, -0.05) is 43.0 Å². The van der Waals surface area contributed by atoms with E-state index in [0.717, 1.165) is 10.8 Å². The first-order valence-electron chi connectivity index (χ1n) is 5.51. The second kappa shape index (κ2) is 4.84. The minimum Gasteiger partial charge on any atom is -0.478 e. The molecular weight excluding hydrogens is 228 g/mol. The van der Waals surface area contributed by atoms with E-state index in [2.05, 4.69) is 6.58 Å². The van der Waals surface area contributed by atoms with E-state index in [1.807, 2.05) is 30.3 Å². The van der Waals surface area contributed by atoms with Crippen molar-refractivity contribution in [2.75, 3.05) is 0 Å². The zero-order valence-electron chi connectivity index (χ0n) is 9.72. The molecule has 1 N–H and O–H groups in total. The van der Waals surface area contributed by atoms with Crippen LogP contribution in [-0.4, -0.2) is 16.9 Å². The van der Waals surface area contributed by atoms with Gasteiger partial charge in [-0.2, -0.15) is 0 Å². The number of ketones is 1. The predicted octanol–water partition coefficient (Wildman–Crippen LogP) is 3.05. The van der Waals surface area contributed by atoms with Gasteiger partial charge in [-0.15, -0.1) is 0 Å². The normalized spacial score (nSPS) is 10.2. The number of hydrogen-bond acceptors (Lipinski definition) is 2. The van der Waals surface area contributed by atoms with E-state index in [9.17, 15) is 9.59 Å². The maximum Gasteiger partial charge on any atom is 0.331 e. The van der Waals surface area contributed by atoms with Gasteiger partial charge >= 0.3 is 5.97 Å². The van der Waals surface area contributed by atoms with Crippen LogP contribution in [0.15, 0.2) is 54.6 Å². The highest BCUT2D eigenvalue weighted by Crippen LogP contribution is 2.17. The van der Waals surface area contributed by atoms with E-state index >= 15 is 0 Å². The van der Waals surface area contributed by atoms with Crippen molar-refractivity contribution in [3.8, 4) is 0 Å². The van der Waals surface area contributed by atoms with Crippen molar-refractivity contribution in [2.24, 2.45) is 0 Å². The van der Waals surface area contributed by atoms with Crippen LogP contribution >= 0.6 is 0 Å². The topological polar surface area (TPSA) is 54.4 Å². The number of carbonyl (C=O) groups is 2. The molecular formula is C15H12O3. The summed E-state index contributed by atoms with van der Waals surface area (Å²) in [7, 11) is 0. The summed E-state index contributed by atoms with van der Waals surface area (Å²) < 4.78 is 0. The van der Waals surface area contributed by atoms with Crippen molar-refractivity contribution in [1.82, 2.24) is 0 Å². The van der Waals surface area contributed by atoms with Crippen molar-refractivity contribution in [2.45, 2.75) is 6.42 Å². The summed E-state index contributed by atoms with van der Waals surface area (Å²) >= 11 is 0. The van der Waals surface area contributed by atoms with Crippen LogP contribution in [0.1, 0.15) is 16.8 Å². The molecule has 2 aromatic carbocycles. The van der Waals surface area contributed by atoms with Crippen LogP contribution < -0.4 is 0 Å². The lowest BCUT2D eigenvalue weighted by Gasteiger charge is -2.03. The average Bonchev–Trinajstić information content (AvgIpc) is 2.37. The molecule has 0 aliphatic rings. The summed E-state index contributed by atoms with van der Waals surface area (Å²) in [5.74, 6) is -1.36. The van der Waals surface area contributed by atoms with E-state index in [4.69, 9.17) is 5.11 Å². The molecule has 3 heteroatoms. The van der Waals surface area contributed by atoms with Crippen LogP contribution in [0.5, 0.6) is 0 Å². The molecule has 0 heterocycles. The number of benzene rings is 2. The van der Waals surface area contributed by atoms with Crippen LogP contribution in [0.2, 0.25) is 0 Å². The molecule has 0 fully saturated rings. The highest BCUT2D eigenvalue weighted by Gasteiger charge is 2.12. The lowest BCUT2D eigenvalue weighted by molar-refractivity contribution is -0.132. The molecule has 3 nitrogen and oxygen atoms in total. The van der Waals surface area contributed by atoms with E-state index in [1.54, 1.807) is 12.1 Å². The van der Waals surface area contributed by atoms with Crippen molar-refractivity contribution < 1.29 is 14.7 Å². The van der Waals surface area contributed by atoms with Crippen molar-refractivity contribution in [1.29, 1.82) is 0 Å². The first-order chi connectivity index (χ1) is 8.58. The Balaban J connectivity index is 2.28. The van der Waals surface area contributed by atoms with Crippen molar-refractivity contribution in [3.63, 3.8) is 0 Å². The Morgan fingerprint density at radius 3 is 2.39 bits per heavy atom. The summed E-state index contributed by atoms with van der Waals surface area (Å²) in [6, 6.07) is 13.0. The van der Waals surface area contributed by atoms with Gasteiger partial charge in [0.15, 0.2) is 5.78 Å². The monoisotopic (exact) mass is 240 g/mol. The van der Waals surface area contributed by atoms with Gasteiger partial charge in [0.2, 0.25) is 0 Å². The quantitative estimate of drug-likeness (QED) is 0.660. The number of hydrogen-bond donors (Lipinski definition) is 1. The molecule has 0 aliphatic carbocycles. The number of aliphatic carboxylic acids is 1. The predicted molar refractivity (Wildman–Crippen MR) is 69.7 cm³/mol. The summed E-state index contributed by atoms with van der Waals surface area (Å²) in [5.41, 5.74) is 0.421. The number of carboxylic acids is 1. The zero-order chi connectivity index (χ0) is 13.1. The van der Waals surface area contributed by atoms with Crippen molar-refractivity contribution >= 4 is 22.5 Å². The Morgan fingerprint density at radius 1 is 1.06 bits per heavy atom. The summed E-state index contributed by atoms with van der Waals surface area (Å²) in [6.45, 7) is 3.36. The minimum absolute atomic E-state index is 0.0897. The lowest BCUT2D eigenvalue weighted by Crippen LogP contribution is -2.06. The van der Waals surface area contributed by atoms with Gasteiger partial charge in [-0.05, 0) is 16.8 Å². The highest BCUT2D eigenvalue weighted by molar-refractivity contribution is 6.04. The molecule has 90 valence electrons. The molecule has 0 aromatic heterocycles. The lowest BCUT2D eigenvalue weighted by atomic mass is 10.0. The molecule has 0 aliphatic heterocycles. The molecule has 2 rings (SSSR count). The Labute approximate surface area is 104 Å². The van der Waals surface area contributed by atoms with Gasteiger partial charge in [0.1, 0.15) is 0 Å². The molecule has 0 unspecified atom stereocenters. The van der Waals surface area contributed by atoms with Gasteiger partial charge < -0.3 is 5.11 Å². The fraction of sp³-hybridized carbons (Fsp3) is 0.0667. The van der Waals surface area contributed by atoms with Crippen LogP contribution in [0, 0.1) is 0 Å². The molecule has 0 radical (unpaired) electrons. The summed E-state index contributed by atoms with van der Waals surface area (Å²) in [5, 5.41) is 10.7. The molecule has 0 bridgehead atoms. The molecule has 0 spiro atoms. The van der Waals surface area contributed by atoms with Gasteiger partial charge in [0, 0.05) is 17.6 Å². The Bertz CT molecular complexity index is 641. The van der Waals surface area contributed by atoms with Gasteiger partial charge in [-0.25, -0.2) is 4.79 Å². The Hall–Kier alpha value is -2.42. The SMILES string of the molecule is C=C(CC(=O)c1ccc2ccccc2c1)C(=O)O. The average molecular weight is 240 g/mol. The molecule has 0 atom stereocenters. The van der Waals surface area contributed by atoms with Gasteiger partial charge in [-0.3, -0.25) is 4.79 Å². The van der Waals surface area contributed by atoms with Crippen LogP contribution in [0.3, 0.4) is 0 Å². The maximum absolute atomic E-state index is 11.9. The fourth-order valence-electron chi connectivity index (χ4n) is 1.73. The Morgan fingerprint density at radius 2 is 1.72 bits per heavy atom. The number of fused-ring (bicyclic) bond motifs is 1. The fourth-order valence-corrected chi connectivity index (χ4v) is 1.73. The smallest absolute Gasteiger partial charge is 0.331 e. The summed E-state index contributed by atoms with van der Waals surface area (Å²) in [4.78, 5) is 22.5. The Kier molecular flexibility index (Phi) is 3.24. The third kappa shape index (κ3) is 2.46. The van der Waals surface area contributed by atoms with Crippen LogP contribution in [0.25, 0.3) is 10.8 Å². The molecule has 0 amide bonds. The number of carboxylic acid groups (broad SMARTS) is 1. The standard InChI is InChI=1S/C15H12O3/c1-10(15(17)18)8-14(16)13-7-6-11-4-2-3-5-12(11)9-13/h2-7,9H,1,8H2,(H,17,18). The molecule has 0 saturated heterocycles. The highest BCUT2D eigenvalue weighted by atomic mass is 16.4. The summed E-state index contributed by atoms with van der Waals surface area (Å²) in [6.07, 6.45) is -0.159. The van der Waals surface area contributed by atoms with Gasteiger partial charge in [0.25, 0.3) is 0 Å². The first kappa shape index (κ1) is 12.0. The van der Waals surface area contributed by atoms with E-state index in [-0.39, 0.29) is 17.8 Å². The third-order valence-electron chi connectivity index (χ3n) is 2.75.